The van der Waals surface area contributed by atoms with Crippen LogP contribution in [0.4, 0.5) is 0 Å². The first-order valence-electron chi connectivity index (χ1n) is 8.32. The number of benzene rings is 1. The van der Waals surface area contributed by atoms with E-state index < -0.39 is 6.10 Å². The molecule has 0 aliphatic rings. The average molecular weight is 325 g/mol. The van der Waals surface area contributed by atoms with E-state index in [1.807, 2.05) is 6.07 Å². The van der Waals surface area contributed by atoms with E-state index in [4.69, 9.17) is 14.2 Å². The third-order valence-electron chi connectivity index (χ3n) is 4.09. The zero-order valence-electron chi connectivity index (χ0n) is 15.1. The van der Waals surface area contributed by atoms with Crippen LogP contribution in [0.2, 0.25) is 0 Å². The zero-order valence-corrected chi connectivity index (χ0v) is 15.1. The highest BCUT2D eigenvalue weighted by molar-refractivity contribution is 5.56. The number of ether oxygens (including phenoxy) is 3. The van der Waals surface area contributed by atoms with E-state index in [1.54, 1.807) is 27.4 Å². The van der Waals surface area contributed by atoms with E-state index in [2.05, 4.69) is 18.7 Å². The maximum atomic E-state index is 10.6. The van der Waals surface area contributed by atoms with Crippen molar-refractivity contribution < 1.29 is 19.3 Å². The van der Waals surface area contributed by atoms with Crippen LogP contribution >= 0.6 is 0 Å². The average Bonchev–Trinajstić information content (AvgIpc) is 2.59. The molecule has 1 aromatic rings. The van der Waals surface area contributed by atoms with Gasteiger partial charge >= 0.3 is 0 Å². The minimum atomic E-state index is -0.597. The van der Waals surface area contributed by atoms with E-state index in [-0.39, 0.29) is 0 Å². The molecule has 0 saturated carbocycles. The molecule has 0 heterocycles. The van der Waals surface area contributed by atoms with Gasteiger partial charge in [0, 0.05) is 12.1 Å². The highest BCUT2D eigenvalue weighted by atomic mass is 16.5. The Hall–Kier alpha value is -1.46. The molecular weight excluding hydrogens is 294 g/mol. The van der Waals surface area contributed by atoms with Crippen LogP contribution in [0, 0.1) is 0 Å². The Bertz CT molecular complexity index is 465. The predicted molar refractivity (Wildman–Crippen MR) is 92.7 cm³/mol. The Kier molecular flexibility index (Phi) is 8.81. The Morgan fingerprint density at radius 3 is 2.22 bits per heavy atom. The van der Waals surface area contributed by atoms with Gasteiger partial charge in [-0.3, -0.25) is 0 Å². The van der Waals surface area contributed by atoms with Gasteiger partial charge in [0.15, 0.2) is 11.5 Å². The Morgan fingerprint density at radius 2 is 1.70 bits per heavy atom. The van der Waals surface area contributed by atoms with Crippen LogP contribution in [0.5, 0.6) is 17.2 Å². The van der Waals surface area contributed by atoms with Crippen molar-refractivity contribution in [2.45, 2.75) is 39.2 Å². The van der Waals surface area contributed by atoms with Gasteiger partial charge in [-0.1, -0.05) is 20.3 Å². The highest BCUT2D eigenvalue weighted by Crippen LogP contribution is 2.42. The van der Waals surface area contributed by atoms with Crippen LogP contribution in [0.15, 0.2) is 12.1 Å². The van der Waals surface area contributed by atoms with Crippen molar-refractivity contribution in [2.75, 3.05) is 41.0 Å². The SMILES string of the molecule is CCCCN(CC)CCC(O)c1ccc(OC)c(OC)c1OC. The normalized spacial score (nSPS) is 12.3. The van der Waals surface area contributed by atoms with Gasteiger partial charge in [-0.05, 0) is 38.1 Å². The molecule has 0 radical (unpaired) electrons. The Labute approximate surface area is 140 Å². The predicted octanol–water partition coefficient (Wildman–Crippen LogP) is 3.26. The van der Waals surface area contributed by atoms with Crippen molar-refractivity contribution >= 4 is 0 Å². The number of nitrogens with zero attached hydrogens (tertiary/aromatic N) is 1. The Morgan fingerprint density at radius 1 is 1.00 bits per heavy atom. The minimum Gasteiger partial charge on any atom is -0.493 e. The standard InChI is InChI=1S/C18H31NO4/c1-6-8-12-19(7-2)13-11-15(20)14-9-10-16(21-3)18(23-5)17(14)22-4/h9-10,15,20H,6-8,11-13H2,1-5H3. The molecule has 0 bridgehead atoms. The molecule has 0 fully saturated rings. The minimum absolute atomic E-state index is 0.518. The number of rotatable bonds is 11. The van der Waals surface area contributed by atoms with Crippen molar-refractivity contribution in [1.29, 1.82) is 0 Å². The maximum Gasteiger partial charge on any atom is 0.203 e. The molecule has 0 aromatic heterocycles. The summed E-state index contributed by atoms with van der Waals surface area (Å²) in [7, 11) is 4.73. The summed E-state index contributed by atoms with van der Waals surface area (Å²) in [6.07, 6.45) is 2.43. The number of unbranched alkanes of at least 4 members (excludes halogenated alkanes) is 1. The van der Waals surface area contributed by atoms with Gasteiger partial charge in [0.1, 0.15) is 0 Å². The van der Waals surface area contributed by atoms with Crippen LogP contribution < -0.4 is 14.2 Å². The molecular formula is C18H31NO4. The molecule has 0 aliphatic heterocycles. The zero-order chi connectivity index (χ0) is 17.2. The van der Waals surface area contributed by atoms with Crippen molar-refractivity contribution in [1.82, 2.24) is 4.90 Å². The molecule has 5 nitrogen and oxygen atoms in total. The lowest BCUT2D eigenvalue weighted by Gasteiger charge is -2.23. The molecule has 1 unspecified atom stereocenters. The van der Waals surface area contributed by atoms with Crippen molar-refractivity contribution in [3.8, 4) is 17.2 Å². The number of aliphatic hydroxyl groups excluding tert-OH is 1. The van der Waals surface area contributed by atoms with Crippen molar-refractivity contribution in [2.24, 2.45) is 0 Å². The second-order valence-corrected chi connectivity index (χ2v) is 5.52. The topological polar surface area (TPSA) is 51.2 Å². The van der Waals surface area contributed by atoms with E-state index >= 15 is 0 Å². The first kappa shape index (κ1) is 19.6. The fourth-order valence-corrected chi connectivity index (χ4v) is 2.66. The van der Waals surface area contributed by atoms with E-state index in [1.165, 1.54) is 12.8 Å². The Balaban J connectivity index is 2.84. The molecule has 0 amide bonds. The number of methoxy groups -OCH3 is 3. The smallest absolute Gasteiger partial charge is 0.203 e. The van der Waals surface area contributed by atoms with Crippen LogP contribution in [0.1, 0.15) is 44.8 Å². The molecule has 132 valence electrons. The van der Waals surface area contributed by atoms with Gasteiger partial charge in [-0.25, -0.2) is 0 Å². The third kappa shape index (κ3) is 5.29. The lowest BCUT2D eigenvalue weighted by atomic mass is 10.0. The summed E-state index contributed by atoms with van der Waals surface area (Å²) in [5, 5.41) is 10.6. The number of hydrogen-bond acceptors (Lipinski definition) is 5. The van der Waals surface area contributed by atoms with E-state index in [9.17, 15) is 5.11 Å². The monoisotopic (exact) mass is 325 g/mol. The first-order chi connectivity index (χ1) is 11.1. The van der Waals surface area contributed by atoms with E-state index in [0.29, 0.717) is 23.7 Å². The summed E-state index contributed by atoms with van der Waals surface area (Å²) >= 11 is 0. The van der Waals surface area contributed by atoms with Crippen LogP contribution in [0.25, 0.3) is 0 Å². The number of aliphatic hydroxyl groups is 1. The van der Waals surface area contributed by atoms with Gasteiger partial charge in [-0.2, -0.15) is 0 Å². The van der Waals surface area contributed by atoms with Crippen molar-refractivity contribution in [3.05, 3.63) is 17.7 Å². The van der Waals surface area contributed by atoms with Gasteiger partial charge in [0.2, 0.25) is 5.75 Å². The van der Waals surface area contributed by atoms with Gasteiger partial charge in [0.05, 0.1) is 27.4 Å². The summed E-state index contributed by atoms with van der Waals surface area (Å²) in [5.74, 6) is 1.65. The summed E-state index contributed by atoms with van der Waals surface area (Å²) in [6, 6.07) is 3.64. The fraction of sp³-hybridized carbons (Fsp3) is 0.667. The molecule has 23 heavy (non-hydrogen) atoms. The molecule has 0 saturated heterocycles. The molecule has 1 rings (SSSR count). The van der Waals surface area contributed by atoms with Gasteiger partial charge in [0.25, 0.3) is 0 Å². The number of hydrogen-bond donors (Lipinski definition) is 1. The molecule has 0 spiro atoms. The highest BCUT2D eigenvalue weighted by Gasteiger charge is 2.21. The molecule has 1 N–H and O–H groups in total. The van der Waals surface area contributed by atoms with E-state index in [0.717, 1.165) is 25.2 Å². The summed E-state index contributed by atoms with van der Waals surface area (Å²) < 4.78 is 16.1. The molecule has 5 heteroatoms. The lowest BCUT2D eigenvalue weighted by molar-refractivity contribution is 0.139. The second-order valence-electron chi connectivity index (χ2n) is 5.52. The quantitative estimate of drug-likeness (QED) is 0.677. The van der Waals surface area contributed by atoms with Crippen LogP contribution in [0.3, 0.4) is 0 Å². The maximum absolute atomic E-state index is 10.6. The molecule has 1 atom stereocenters. The first-order valence-corrected chi connectivity index (χ1v) is 8.32. The van der Waals surface area contributed by atoms with Crippen LogP contribution in [-0.4, -0.2) is 51.0 Å². The molecule has 0 aliphatic carbocycles. The fourth-order valence-electron chi connectivity index (χ4n) is 2.66. The van der Waals surface area contributed by atoms with Gasteiger partial charge < -0.3 is 24.2 Å². The lowest BCUT2D eigenvalue weighted by Crippen LogP contribution is -2.26. The van der Waals surface area contributed by atoms with Gasteiger partial charge in [-0.15, -0.1) is 0 Å². The summed E-state index contributed by atoms with van der Waals surface area (Å²) in [4.78, 5) is 2.36. The molecule has 1 aromatic carbocycles. The van der Waals surface area contributed by atoms with Crippen molar-refractivity contribution in [3.63, 3.8) is 0 Å². The third-order valence-corrected chi connectivity index (χ3v) is 4.09. The van der Waals surface area contributed by atoms with Crippen LogP contribution in [-0.2, 0) is 0 Å². The largest absolute Gasteiger partial charge is 0.493 e. The summed E-state index contributed by atoms with van der Waals surface area (Å²) in [6.45, 7) is 7.27. The summed E-state index contributed by atoms with van der Waals surface area (Å²) in [5.41, 5.74) is 0.733. The second kappa shape index (κ2) is 10.3.